The molecule has 124 valence electrons. The first-order valence-electron chi connectivity index (χ1n) is 7.17. The van der Waals surface area contributed by atoms with Gasteiger partial charge in [-0.25, -0.2) is 9.78 Å². The number of hydrogen-bond acceptors (Lipinski definition) is 6. The number of amides is 1. The summed E-state index contributed by atoms with van der Waals surface area (Å²) in [6, 6.07) is 7.40. The Morgan fingerprint density at radius 3 is 3.04 bits per heavy atom. The molecule has 0 radical (unpaired) electrons. The number of carbonyl (C=O) groups excluding carboxylic acids is 1. The molecule has 0 saturated heterocycles. The van der Waals surface area contributed by atoms with Crippen LogP contribution in [-0.2, 0) is 4.74 Å². The van der Waals surface area contributed by atoms with E-state index in [0.717, 1.165) is 21.7 Å². The summed E-state index contributed by atoms with van der Waals surface area (Å²) in [5, 5.41) is 7.70. The van der Waals surface area contributed by atoms with Crippen molar-refractivity contribution in [2.45, 2.75) is 6.92 Å². The lowest BCUT2D eigenvalue weighted by molar-refractivity contribution is 0.174. The second kappa shape index (κ2) is 6.71. The highest BCUT2D eigenvalue weighted by atomic mass is 32.1. The Bertz CT molecular complexity index is 900. The van der Waals surface area contributed by atoms with Crippen LogP contribution in [0, 0.1) is 6.92 Å². The van der Waals surface area contributed by atoms with E-state index in [1.54, 1.807) is 17.9 Å². The van der Waals surface area contributed by atoms with E-state index < -0.39 is 6.09 Å². The van der Waals surface area contributed by atoms with E-state index in [1.165, 1.54) is 17.4 Å². The molecule has 24 heavy (non-hydrogen) atoms. The van der Waals surface area contributed by atoms with Gasteiger partial charge in [-0.05, 0) is 25.1 Å². The summed E-state index contributed by atoms with van der Waals surface area (Å²) in [6.07, 6.45) is 0.933. The number of methoxy groups -OCH3 is 1. The van der Waals surface area contributed by atoms with E-state index in [-0.39, 0.29) is 6.61 Å². The molecule has 0 spiro atoms. The van der Waals surface area contributed by atoms with Crippen molar-refractivity contribution in [2.24, 2.45) is 0 Å². The second-order valence-electron chi connectivity index (χ2n) is 4.92. The number of nitrogens with one attached hydrogen (secondary N) is 1. The lowest BCUT2D eigenvalue weighted by Crippen LogP contribution is -2.16. The molecule has 2 heterocycles. The topological polar surface area (TPSA) is 78.3 Å². The minimum Gasteiger partial charge on any atom is -0.497 e. The molecular formula is C16H16N4O3S. The fourth-order valence-electron chi connectivity index (χ4n) is 2.12. The molecule has 0 aliphatic rings. The number of thiazole rings is 1. The molecule has 0 saturated carbocycles. The van der Waals surface area contributed by atoms with Crippen molar-refractivity contribution >= 4 is 33.5 Å². The molecule has 0 bridgehead atoms. The Balaban J connectivity index is 1.94. The van der Waals surface area contributed by atoms with Gasteiger partial charge in [-0.3, -0.25) is 5.32 Å². The number of ether oxygens (including phenoxy) is 2. The fraction of sp³-hybridized carbons (Fsp3) is 0.188. The van der Waals surface area contributed by atoms with Crippen molar-refractivity contribution in [3.05, 3.63) is 42.6 Å². The maximum Gasteiger partial charge on any atom is 0.413 e. The minimum absolute atomic E-state index is 0.139. The standard InChI is InChI=1S/C16H16N4O3S/c1-4-7-23-16(21)18-14-8-10(2)19-20(14)15-17-12-6-5-11(22-3)9-13(12)24-15/h4-6,8-9H,1,7H2,2-3H3,(H,18,21). The summed E-state index contributed by atoms with van der Waals surface area (Å²) in [5.41, 5.74) is 1.59. The molecule has 1 N–H and O–H groups in total. The fourth-order valence-corrected chi connectivity index (χ4v) is 3.08. The van der Waals surface area contributed by atoms with Crippen LogP contribution < -0.4 is 10.1 Å². The van der Waals surface area contributed by atoms with Gasteiger partial charge in [0.1, 0.15) is 18.2 Å². The summed E-state index contributed by atoms with van der Waals surface area (Å²) in [5.74, 6) is 1.26. The molecule has 0 aliphatic carbocycles. The monoisotopic (exact) mass is 344 g/mol. The van der Waals surface area contributed by atoms with Gasteiger partial charge in [0, 0.05) is 6.07 Å². The van der Waals surface area contributed by atoms with Crippen LogP contribution in [0.4, 0.5) is 10.6 Å². The number of benzene rings is 1. The van der Waals surface area contributed by atoms with Gasteiger partial charge in [0.2, 0.25) is 5.13 Å². The number of aryl methyl sites for hydroxylation is 1. The van der Waals surface area contributed by atoms with Crippen LogP contribution in [0.3, 0.4) is 0 Å². The zero-order valence-corrected chi connectivity index (χ0v) is 14.1. The molecule has 0 aliphatic heterocycles. The predicted molar refractivity (Wildman–Crippen MR) is 93.2 cm³/mol. The van der Waals surface area contributed by atoms with Gasteiger partial charge in [0.05, 0.1) is 23.0 Å². The van der Waals surface area contributed by atoms with Crippen molar-refractivity contribution in [1.29, 1.82) is 0 Å². The van der Waals surface area contributed by atoms with E-state index in [2.05, 4.69) is 22.0 Å². The number of nitrogens with zero attached hydrogens (tertiary/aromatic N) is 3. The second-order valence-corrected chi connectivity index (χ2v) is 5.93. The average Bonchev–Trinajstić information content (AvgIpc) is 3.14. The maximum absolute atomic E-state index is 11.8. The van der Waals surface area contributed by atoms with Crippen molar-refractivity contribution in [3.63, 3.8) is 0 Å². The van der Waals surface area contributed by atoms with Crippen LogP contribution in [0.1, 0.15) is 5.69 Å². The van der Waals surface area contributed by atoms with Crippen LogP contribution in [0.15, 0.2) is 36.9 Å². The van der Waals surface area contributed by atoms with Crippen LogP contribution in [0.25, 0.3) is 15.3 Å². The Morgan fingerprint density at radius 2 is 2.29 bits per heavy atom. The SMILES string of the molecule is C=CCOC(=O)Nc1cc(C)nn1-c1nc2ccc(OC)cc2s1. The van der Waals surface area contributed by atoms with Crippen molar-refractivity contribution in [2.75, 3.05) is 19.0 Å². The predicted octanol–water partition coefficient (Wildman–Crippen LogP) is 3.53. The molecule has 8 heteroatoms. The van der Waals surface area contributed by atoms with Gasteiger partial charge in [-0.15, -0.1) is 0 Å². The molecule has 1 amide bonds. The molecule has 3 rings (SSSR count). The number of rotatable bonds is 5. The van der Waals surface area contributed by atoms with E-state index >= 15 is 0 Å². The highest BCUT2D eigenvalue weighted by Gasteiger charge is 2.15. The lowest BCUT2D eigenvalue weighted by atomic mass is 10.3. The van der Waals surface area contributed by atoms with E-state index in [4.69, 9.17) is 9.47 Å². The van der Waals surface area contributed by atoms with Crippen molar-refractivity contribution in [3.8, 4) is 10.9 Å². The zero-order chi connectivity index (χ0) is 17.1. The van der Waals surface area contributed by atoms with E-state index in [0.29, 0.717) is 10.9 Å². The molecule has 0 unspecified atom stereocenters. The molecular weight excluding hydrogens is 328 g/mol. The smallest absolute Gasteiger partial charge is 0.413 e. The highest BCUT2D eigenvalue weighted by Crippen LogP contribution is 2.29. The molecule has 7 nitrogen and oxygen atoms in total. The number of anilines is 1. The van der Waals surface area contributed by atoms with Crippen LogP contribution in [0.2, 0.25) is 0 Å². The van der Waals surface area contributed by atoms with Gasteiger partial charge in [-0.1, -0.05) is 24.0 Å². The Kier molecular flexibility index (Phi) is 4.48. The number of aromatic nitrogens is 3. The molecule has 3 aromatic rings. The Labute approximate surface area is 142 Å². The first-order chi connectivity index (χ1) is 11.6. The van der Waals surface area contributed by atoms with E-state index in [1.807, 2.05) is 25.1 Å². The molecule has 2 aromatic heterocycles. The van der Waals surface area contributed by atoms with Crippen LogP contribution >= 0.6 is 11.3 Å². The van der Waals surface area contributed by atoms with Gasteiger partial charge in [-0.2, -0.15) is 9.78 Å². The summed E-state index contributed by atoms with van der Waals surface area (Å²) in [7, 11) is 1.62. The molecule has 1 aromatic carbocycles. The van der Waals surface area contributed by atoms with Gasteiger partial charge < -0.3 is 9.47 Å². The third-order valence-electron chi connectivity index (χ3n) is 3.16. The molecule has 0 atom stereocenters. The summed E-state index contributed by atoms with van der Waals surface area (Å²) < 4.78 is 12.7. The number of carbonyl (C=O) groups is 1. The third kappa shape index (κ3) is 3.23. The lowest BCUT2D eigenvalue weighted by Gasteiger charge is -2.06. The first-order valence-corrected chi connectivity index (χ1v) is 7.98. The minimum atomic E-state index is -0.571. The molecule has 0 fully saturated rings. The van der Waals surface area contributed by atoms with Gasteiger partial charge >= 0.3 is 6.09 Å². The Hall–Kier alpha value is -2.87. The maximum atomic E-state index is 11.8. The average molecular weight is 344 g/mol. The quantitative estimate of drug-likeness (QED) is 0.716. The van der Waals surface area contributed by atoms with Crippen LogP contribution in [-0.4, -0.2) is 34.6 Å². The Morgan fingerprint density at radius 1 is 1.46 bits per heavy atom. The summed E-state index contributed by atoms with van der Waals surface area (Å²) in [4.78, 5) is 16.3. The number of fused-ring (bicyclic) bond motifs is 1. The van der Waals surface area contributed by atoms with E-state index in [9.17, 15) is 4.79 Å². The van der Waals surface area contributed by atoms with Crippen molar-refractivity contribution in [1.82, 2.24) is 14.8 Å². The summed E-state index contributed by atoms with van der Waals surface area (Å²) in [6.45, 7) is 5.49. The highest BCUT2D eigenvalue weighted by molar-refractivity contribution is 7.20. The largest absolute Gasteiger partial charge is 0.497 e. The summed E-state index contributed by atoms with van der Waals surface area (Å²) >= 11 is 1.45. The zero-order valence-electron chi connectivity index (χ0n) is 13.3. The van der Waals surface area contributed by atoms with Gasteiger partial charge in [0.15, 0.2) is 0 Å². The normalized spacial score (nSPS) is 10.6. The van der Waals surface area contributed by atoms with Crippen molar-refractivity contribution < 1.29 is 14.3 Å². The number of hydrogen-bond donors (Lipinski definition) is 1. The van der Waals surface area contributed by atoms with Crippen LogP contribution in [0.5, 0.6) is 5.75 Å². The van der Waals surface area contributed by atoms with Gasteiger partial charge in [0.25, 0.3) is 0 Å². The third-order valence-corrected chi connectivity index (χ3v) is 4.15. The first kappa shape index (κ1) is 16.0.